The van der Waals surface area contributed by atoms with E-state index in [1.807, 2.05) is 30.3 Å². The van der Waals surface area contributed by atoms with Gasteiger partial charge in [-0.15, -0.1) is 6.42 Å². The molecule has 2 N–H and O–H groups in total. The van der Waals surface area contributed by atoms with Crippen LogP contribution in [0.3, 0.4) is 0 Å². The third-order valence-electron chi connectivity index (χ3n) is 3.26. The van der Waals surface area contributed by atoms with Gasteiger partial charge in [0.05, 0.1) is 19.2 Å². The highest BCUT2D eigenvalue weighted by atomic mass is 16.3. The zero-order valence-corrected chi connectivity index (χ0v) is 11.9. The summed E-state index contributed by atoms with van der Waals surface area (Å²) in [5, 5.41) is 12.1. The Hall–Kier alpha value is -2.84. The summed E-state index contributed by atoms with van der Waals surface area (Å²) in [4.78, 5) is 24.4. The molecular weight excluding hydrogens is 280 g/mol. The zero-order chi connectivity index (χ0) is 15.9. The highest BCUT2D eigenvalue weighted by Crippen LogP contribution is 2.15. The fraction of sp³-hybridized carbons (Fsp3) is 0.176. The molecule has 2 aromatic rings. The Morgan fingerprint density at radius 2 is 2.00 bits per heavy atom. The van der Waals surface area contributed by atoms with Gasteiger partial charge in [0.25, 0.3) is 11.5 Å². The standard InChI is InChI=1S/C17H16N2O3/c1-2-10-18-16(21)14-9-6-11-19(17(14)22)15(12-20)13-7-4-3-5-8-13/h1,3-9,11,15,20H,10,12H2,(H,18,21). The van der Waals surface area contributed by atoms with Gasteiger partial charge in [0, 0.05) is 6.20 Å². The molecule has 2 rings (SSSR count). The SMILES string of the molecule is C#CCNC(=O)c1cccn(C(CO)c2ccccc2)c1=O. The van der Waals surface area contributed by atoms with Crippen molar-refractivity contribution in [3.8, 4) is 12.3 Å². The largest absolute Gasteiger partial charge is 0.394 e. The number of aliphatic hydroxyl groups is 1. The number of carbonyl (C=O) groups excluding carboxylic acids is 1. The van der Waals surface area contributed by atoms with E-state index in [9.17, 15) is 14.7 Å². The number of carbonyl (C=O) groups is 1. The molecule has 1 unspecified atom stereocenters. The van der Waals surface area contributed by atoms with E-state index in [0.717, 1.165) is 5.56 Å². The molecule has 1 aromatic carbocycles. The molecule has 1 atom stereocenters. The second kappa shape index (κ2) is 7.25. The van der Waals surface area contributed by atoms with Crippen molar-refractivity contribution in [2.24, 2.45) is 0 Å². The van der Waals surface area contributed by atoms with E-state index in [2.05, 4.69) is 11.2 Å². The number of nitrogens with one attached hydrogen (secondary N) is 1. The van der Waals surface area contributed by atoms with E-state index in [1.165, 1.54) is 10.6 Å². The lowest BCUT2D eigenvalue weighted by Gasteiger charge is -2.18. The summed E-state index contributed by atoms with van der Waals surface area (Å²) in [5.74, 6) is 1.76. The number of rotatable bonds is 5. The first-order valence-corrected chi connectivity index (χ1v) is 6.77. The van der Waals surface area contributed by atoms with Gasteiger partial charge in [0.2, 0.25) is 0 Å². The van der Waals surface area contributed by atoms with E-state index in [-0.39, 0.29) is 18.7 Å². The van der Waals surface area contributed by atoms with Crippen LogP contribution in [0.25, 0.3) is 0 Å². The van der Waals surface area contributed by atoms with Crippen LogP contribution in [0.5, 0.6) is 0 Å². The Labute approximate surface area is 128 Å². The van der Waals surface area contributed by atoms with Crippen LogP contribution in [0.2, 0.25) is 0 Å². The summed E-state index contributed by atoms with van der Waals surface area (Å²) in [6.07, 6.45) is 6.64. The summed E-state index contributed by atoms with van der Waals surface area (Å²) in [5.41, 5.74) is 0.306. The average molecular weight is 296 g/mol. The second-order valence-corrected chi connectivity index (χ2v) is 4.63. The van der Waals surface area contributed by atoms with Crippen molar-refractivity contribution in [1.29, 1.82) is 0 Å². The second-order valence-electron chi connectivity index (χ2n) is 4.63. The highest BCUT2D eigenvalue weighted by molar-refractivity contribution is 5.93. The molecule has 1 heterocycles. The van der Waals surface area contributed by atoms with Crippen LogP contribution in [0.1, 0.15) is 22.0 Å². The van der Waals surface area contributed by atoms with Crippen LogP contribution in [0, 0.1) is 12.3 Å². The molecule has 0 spiro atoms. The molecule has 0 radical (unpaired) electrons. The van der Waals surface area contributed by atoms with Crippen molar-refractivity contribution in [2.45, 2.75) is 6.04 Å². The van der Waals surface area contributed by atoms with E-state index >= 15 is 0 Å². The Morgan fingerprint density at radius 3 is 2.64 bits per heavy atom. The Kier molecular flexibility index (Phi) is 5.12. The minimum atomic E-state index is -0.547. The molecule has 0 fully saturated rings. The third-order valence-corrected chi connectivity index (χ3v) is 3.26. The van der Waals surface area contributed by atoms with E-state index < -0.39 is 17.5 Å². The molecule has 0 aliphatic carbocycles. The van der Waals surface area contributed by atoms with Crippen LogP contribution in [-0.4, -0.2) is 28.7 Å². The highest BCUT2D eigenvalue weighted by Gasteiger charge is 2.17. The van der Waals surface area contributed by atoms with Crippen molar-refractivity contribution in [3.63, 3.8) is 0 Å². The molecule has 5 nitrogen and oxygen atoms in total. The van der Waals surface area contributed by atoms with Crippen LogP contribution >= 0.6 is 0 Å². The lowest BCUT2D eigenvalue weighted by Crippen LogP contribution is -2.35. The summed E-state index contributed by atoms with van der Waals surface area (Å²) in [6.45, 7) is -0.200. The quantitative estimate of drug-likeness (QED) is 0.802. The normalized spacial score (nSPS) is 11.5. The molecule has 112 valence electrons. The van der Waals surface area contributed by atoms with Gasteiger partial charge in [0.1, 0.15) is 5.56 Å². The maximum absolute atomic E-state index is 12.5. The molecular formula is C17H16N2O3. The summed E-state index contributed by atoms with van der Waals surface area (Å²) in [7, 11) is 0. The predicted molar refractivity (Wildman–Crippen MR) is 83.5 cm³/mol. The Balaban J connectivity index is 2.42. The lowest BCUT2D eigenvalue weighted by molar-refractivity contribution is 0.0956. The molecule has 0 aliphatic heterocycles. The van der Waals surface area contributed by atoms with Crippen LogP contribution < -0.4 is 10.9 Å². The number of aliphatic hydroxyl groups excluding tert-OH is 1. The van der Waals surface area contributed by atoms with Crippen molar-refractivity contribution < 1.29 is 9.90 Å². The monoisotopic (exact) mass is 296 g/mol. The maximum Gasteiger partial charge on any atom is 0.264 e. The van der Waals surface area contributed by atoms with Gasteiger partial charge in [-0.2, -0.15) is 0 Å². The predicted octanol–water partition coefficient (Wildman–Crippen LogP) is 0.793. The van der Waals surface area contributed by atoms with Crippen molar-refractivity contribution >= 4 is 5.91 Å². The van der Waals surface area contributed by atoms with Gasteiger partial charge in [-0.1, -0.05) is 36.3 Å². The van der Waals surface area contributed by atoms with Gasteiger partial charge < -0.3 is 15.0 Å². The minimum Gasteiger partial charge on any atom is -0.394 e. The minimum absolute atomic E-state index is 0.00729. The van der Waals surface area contributed by atoms with Gasteiger partial charge in [-0.25, -0.2) is 0 Å². The third kappa shape index (κ3) is 3.25. The van der Waals surface area contributed by atoms with E-state index in [4.69, 9.17) is 6.42 Å². The maximum atomic E-state index is 12.5. The van der Waals surface area contributed by atoms with Gasteiger partial charge in [0.15, 0.2) is 0 Å². The zero-order valence-electron chi connectivity index (χ0n) is 11.9. The topological polar surface area (TPSA) is 71.3 Å². The van der Waals surface area contributed by atoms with Gasteiger partial charge in [-0.3, -0.25) is 9.59 Å². The fourth-order valence-corrected chi connectivity index (χ4v) is 2.18. The number of pyridine rings is 1. The van der Waals surface area contributed by atoms with Crippen LogP contribution in [0.15, 0.2) is 53.5 Å². The molecule has 0 saturated heterocycles. The molecule has 0 saturated carbocycles. The summed E-state index contributed by atoms with van der Waals surface area (Å²) in [6, 6.07) is 11.6. The fourth-order valence-electron chi connectivity index (χ4n) is 2.18. The first-order chi connectivity index (χ1) is 10.7. The smallest absolute Gasteiger partial charge is 0.264 e. The summed E-state index contributed by atoms with van der Waals surface area (Å²) >= 11 is 0. The van der Waals surface area contributed by atoms with Crippen molar-refractivity contribution in [3.05, 3.63) is 70.1 Å². The van der Waals surface area contributed by atoms with Crippen LogP contribution in [0.4, 0.5) is 0 Å². The molecule has 22 heavy (non-hydrogen) atoms. The molecule has 0 aliphatic rings. The first-order valence-electron chi connectivity index (χ1n) is 6.77. The number of hydrogen-bond donors (Lipinski definition) is 2. The number of nitrogens with zero attached hydrogens (tertiary/aromatic N) is 1. The van der Waals surface area contributed by atoms with Crippen molar-refractivity contribution in [2.75, 3.05) is 13.2 Å². The van der Waals surface area contributed by atoms with Crippen LogP contribution in [-0.2, 0) is 0 Å². The Morgan fingerprint density at radius 1 is 1.27 bits per heavy atom. The molecule has 1 amide bonds. The molecule has 0 bridgehead atoms. The number of aromatic nitrogens is 1. The first kappa shape index (κ1) is 15.5. The molecule has 1 aromatic heterocycles. The molecule has 5 heteroatoms. The Bertz CT molecular complexity index is 744. The number of hydrogen-bond acceptors (Lipinski definition) is 3. The summed E-state index contributed by atoms with van der Waals surface area (Å²) < 4.78 is 1.35. The van der Waals surface area contributed by atoms with Gasteiger partial charge >= 0.3 is 0 Å². The number of amides is 1. The van der Waals surface area contributed by atoms with E-state index in [0.29, 0.717) is 0 Å². The van der Waals surface area contributed by atoms with E-state index in [1.54, 1.807) is 12.3 Å². The van der Waals surface area contributed by atoms with Crippen molar-refractivity contribution in [1.82, 2.24) is 9.88 Å². The average Bonchev–Trinajstić information content (AvgIpc) is 2.56. The van der Waals surface area contributed by atoms with Gasteiger partial charge in [-0.05, 0) is 17.7 Å². The number of terminal acetylenes is 1. The lowest BCUT2D eigenvalue weighted by atomic mass is 10.1. The number of benzene rings is 1.